The third kappa shape index (κ3) is 1.07. The Morgan fingerprint density at radius 1 is 1.23 bits per heavy atom. The molecule has 1 aliphatic rings. The van der Waals surface area contributed by atoms with Crippen molar-refractivity contribution >= 4 is 11.8 Å². The van der Waals surface area contributed by atoms with E-state index in [1.165, 1.54) is 4.58 Å². The minimum atomic E-state index is -0.707. The van der Waals surface area contributed by atoms with Crippen LogP contribution in [-0.4, -0.2) is 18.9 Å². The maximum absolute atomic E-state index is 11.2. The molecular weight excluding hydrogens is 168 g/mol. The Bertz CT molecular complexity index is 517. The summed E-state index contributed by atoms with van der Waals surface area (Å²) < 4.78 is 1.31. The van der Waals surface area contributed by atoms with E-state index in [9.17, 15) is 9.59 Å². The Balaban J connectivity index is 2.97. The van der Waals surface area contributed by atoms with Crippen molar-refractivity contribution in [1.82, 2.24) is 4.58 Å². The van der Waals surface area contributed by atoms with Crippen molar-refractivity contribution in [3.05, 3.63) is 35.0 Å². The molecule has 0 atom stereocenters. The molecule has 1 aromatic carbocycles. The van der Waals surface area contributed by atoms with E-state index in [2.05, 4.69) is 4.99 Å². The summed E-state index contributed by atoms with van der Waals surface area (Å²) in [6.07, 6.45) is 0. The molecule has 2 amide bonds. The number of nitrogens with zero attached hydrogens (tertiary/aromatic N) is 2. The lowest BCUT2D eigenvalue weighted by Gasteiger charge is -1.96. The molecule has 64 valence electrons. The molecule has 0 saturated carbocycles. The maximum atomic E-state index is 11.2. The summed E-state index contributed by atoms with van der Waals surface area (Å²) >= 11 is 0. The number of benzene rings is 1. The second kappa shape index (κ2) is 2.58. The Morgan fingerprint density at radius 3 is 2.69 bits per heavy atom. The van der Waals surface area contributed by atoms with Gasteiger partial charge in [-0.1, -0.05) is 12.1 Å². The highest BCUT2D eigenvalue weighted by molar-refractivity contribution is 6.36. The van der Waals surface area contributed by atoms with Gasteiger partial charge in [-0.15, -0.1) is 0 Å². The van der Waals surface area contributed by atoms with Gasteiger partial charge in [0.05, 0.1) is 0 Å². The van der Waals surface area contributed by atoms with E-state index in [1.807, 2.05) is 0 Å². The summed E-state index contributed by atoms with van der Waals surface area (Å²) in [6, 6.07) is 7.03. The molecule has 0 bridgehead atoms. The summed E-state index contributed by atoms with van der Waals surface area (Å²) in [7, 11) is 1.56. The normalized spacial score (nSPS) is 15.3. The van der Waals surface area contributed by atoms with Crippen LogP contribution >= 0.6 is 0 Å². The first-order chi connectivity index (χ1) is 6.20. The van der Waals surface area contributed by atoms with E-state index in [1.54, 1.807) is 31.3 Å². The first-order valence-electron chi connectivity index (χ1n) is 3.83. The number of fused-ring (bicyclic) bond motifs is 1. The van der Waals surface area contributed by atoms with Crippen LogP contribution in [0, 0.1) is 0 Å². The Morgan fingerprint density at radius 2 is 1.92 bits per heavy atom. The molecule has 4 nitrogen and oxygen atoms in total. The standard InChI is InChI=1S/C9H7N2O2/c1-11-7-5-3-2-4-6(7)10-8(12)9(11)13/h2-5H,1H3/q+1. The minimum absolute atomic E-state index is 0.551. The van der Waals surface area contributed by atoms with Gasteiger partial charge >= 0.3 is 11.8 Å². The monoisotopic (exact) mass is 175 g/mol. The molecule has 0 aliphatic carbocycles. The number of carbonyl (C=O) groups excluding carboxylic acids is 2. The second-order valence-electron chi connectivity index (χ2n) is 2.77. The van der Waals surface area contributed by atoms with Crippen LogP contribution in [0.4, 0.5) is 0 Å². The highest BCUT2D eigenvalue weighted by atomic mass is 16.2. The van der Waals surface area contributed by atoms with Crippen LogP contribution in [0.5, 0.6) is 0 Å². The zero-order valence-corrected chi connectivity index (χ0v) is 7.02. The fourth-order valence-corrected chi connectivity index (χ4v) is 1.25. The molecule has 1 aromatic rings. The Kier molecular flexibility index (Phi) is 1.55. The summed E-state index contributed by atoms with van der Waals surface area (Å²) in [5, 5.41) is 1.22. The van der Waals surface area contributed by atoms with Crippen LogP contribution in [0.25, 0.3) is 0 Å². The highest BCUT2D eigenvalue weighted by Crippen LogP contribution is 1.81. The Labute approximate surface area is 73.8 Å². The molecule has 0 N–H and O–H groups in total. The van der Waals surface area contributed by atoms with Crippen LogP contribution in [0.2, 0.25) is 0 Å². The predicted octanol–water partition coefficient (Wildman–Crippen LogP) is -1.51. The SMILES string of the molecule is C[N+]1=c2ccccc2=NC(=O)C1=O. The van der Waals surface area contributed by atoms with Crippen molar-refractivity contribution in [2.24, 2.45) is 4.99 Å². The fourth-order valence-electron chi connectivity index (χ4n) is 1.25. The van der Waals surface area contributed by atoms with E-state index in [0.717, 1.165) is 0 Å². The average Bonchev–Trinajstić information content (AvgIpc) is 2.15. The van der Waals surface area contributed by atoms with Crippen LogP contribution < -0.4 is 15.3 Å². The maximum Gasteiger partial charge on any atom is 0.479 e. The predicted molar refractivity (Wildman–Crippen MR) is 44.4 cm³/mol. The zero-order chi connectivity index (χ0) is 9.42. The van der Waals surface area contributed by atoms with Gasteiger partial charge in [-0.2, -0.15) is 9.57 Å². The van der Waals surface area contributed by atoms with Crippen molar-refractivity contribution in [2.75, 3.05) is 7.05 Å². The van der Waals surface area contributed by atoms with Gasteiger partial charge in [-0.25, -0.2) is 4.79 Å². The lowest BCUT2D eigenvalue weighted by atomic mass is 10.3. The molecule has 1 heterocycles. The van der Waals surface area contributed by atoms with Crippen molar-refractivity contribution in [2.45, 2.75) is 0 Å². The van der Waals surface area contributed by atoms with E-state index in [4.69, 9.17) is 0 Å². The summed E-state index contributed by atoms with van der Waals surface area (Å²) in [6.45, 7) is 0. The van der Waals surface area contributed by atoms with Crippen LogP contribution in [0.3, 0.4) is 0 Å². The fraction of sp³-hybridized carbons (Fsp3) is 0.111. The molecule has 0 spiro atoms. The number of carbonyl (C=O) groups is 2. The zero-order valence-electron chi connectivity index (χ0n) is 7.02. The molecule has 0 saturated heterocycles. The number of amides is 2. The molecular formula is C9H7N2O2+. The molecule has 1 aliphatic heterocycles. The van der Waals surface area contributed by atoms with Gasteiger partial charge < -0.3 is 0 Å². The van der Waals surface area contributed by atoms with E-state index in [-0.39, 0.29) is 0 Å². The molecule has 0 radical (unpaired) electrons. The van der Waals surface area contributed by atoms with Gasteiger partial charge in [0.25, 0.3) is 0 Å². The highest BCUT2D eigenvalue weighted by Gasteiger charge is 2.27. The van der Waals surface area contributed by atoms with Gasteiger partial charge in [0.15, 0.2) is 0 Å². The van der Waals surface area contributed by atoms with Crippen LogP contribution in [0.1, 0.15) is 0 Å². The molecule has 13 heavy (non-hydrogen) atoms. The van der Waals surface area contributed by atoms with E-state index >= 15 is 0 Å². The largest absolute Gasteiger partial charge is 0.479 e. The van der Waals surface area contributed by atoms with Gasteiger partial charge in [0.1, 0.15) is 12.4 Å². The molecule has 4 heteroatoms. The number of hydrogen-bond acceptors (Lipinski definition) is 2. The van der Waals surface area contributed by atoms with E-state index < -0.39 is 11.8 Å². The van der Waals surface area contributed by atoms with Crippen LogP contribution in [0.15, 0.2) is 29.3 Å². The smallest absolute Gasteiger partial charge is 0.255 e. The quantitative estimate of drug-likeness (QED) is 0.355. The average molecular weight is 175 g/mol. The lowest BCUT2D eigenvalue weighted by molar-refractivity contribution is -0.138. The van der Waals surface area contributed by atoms with Gasteiger partial charge in [0, 0.05) is 6.07 Å². The number of rotatable bonds is 0. The minimum Gasteiger partial charge on any atom is -0.255 e. The Hall–Kier alpha value is -1.84. The van der Waals surface area contributed by atoms with Gasteiger partial charge in [-0.3, -0.25) is 4.79 Å². The lowest BCUT2D eigenvalue weighted by Crippen LogP contribution is -2.48. The van der Waals surface area contributed by atoms with Gasteiger partial charge in [0.2, 0.25) is 5.36 Å². The number of para-hydroxylation sites is 2. The molecule has 0 aromatic heterocycles. The third-order valence-corrected chi connectivity index (χ3v) is 1.95. The van der Waals surface area contributed by atoms with Gasteiger partial charge in [-0.05, 0) is 6.07 Å². The first kappa shape index (κ1) is 7.79. The van der Waals surface area contributed by atoms with Crippen molar-refractivity contribution < 1.29 is 9.59 Å². The van der Waals surface area contributed by atoms with Crippen molar-refractivity contribution in [3.63, 3.8) is 0 Å². The van der Waals surface area contributed by atoms with Crippen molar-refractivity contribution in [1.29, 1.82) is 0 Å². The molecule has 2 rings (SSSR count). The summed E-state index contributed by atoms with van der Waals surface area (Å²) in [5.41, 5.74) is 0. The summed E-state index contributed by atoms with van der Waals surface area (Å²) in [4.78, 5) is 25.8. The van der Waals surface area contributed by atoms with Crippen LogP contribution in [-0.2, 0) is 9.59 Å². The summed E-state index contributed by atoms with van der Waals surface area (Å²) in [5.74, 6) is -1.29. The third-order valence-electron chi connectivity index (χ3n) is 1.95. The molecule has 0 unspecified atom stereocenters. The molecule has 0 fully saturated rings. The van der Waals surface area contributed by atoms with E-state index in [0.29, 0.717) is 10.7 Å². The topological polar surface area (TPSA) is 49.5 Å². The number of likely N-dealkylation sites (N-methyl/N-ethyl adjacent to an activating group) is 1. The first-order valence-corrected chi connectivity index (χ1v) is 3.83. The second-order valence-corrected chi connectivity index (χ2v) is 2.77. The van der Waals surface area contributed by atoms with Crippen molar-refractivity contribution in [3.8, 4) is 0 Å². The number of hydrogen-bond donors (Lipinski definition) is 0.